The number of aryl methyl sites for hydroxylation is 2. The summed E-state index contributed by atoms with van der Waals surface area (Å²) in [7, 11) is 0. The van der Waals surface area contributed by atoms with Crippen LogP contribution in [0.15, 0.2) is 38.6 Å². The lowest BCUT2D eigenvalue weighted by Crippen LogP contribution is -2.23. The monoisotopic (exact) mass is 452 g/mol. The Kier molecular flexibility index (Phi) is 5.44. The lowest BCUT2D eigenvalue weighted by atomic mass is 9.89. The van der Waals surface area contributed by atoms with Gasteiger partial charge in [-0.05, 0) is 56.7 Å². The minimum atomic E-state index is 0.0768. The molecule has 6 nitrogen and oxygen atoms in total. The molecule has 0 saturated carbocycles. The third kappa shape index (κ3) is 3.83. The molecule has 1 atom stereocenters. The van der Waals surface area contributed by atoms with Crippen LogP contribution in [0.25, 0.3) is 21.7 Å². The smallest absolute Gasteiger partial charge is 0.263 e. The number of thioether (sulfide) groups is 1. The van der Waals surface area contributed by atoms with Crippen molar-refractivity contribution in [3.63, 3.8) is 0 Å². The molecule has 5 rings (SSSR count). The molecule has 0 amide bonds. The van der Waals surface area contributed by atoms with Crippen molar-refractivity contribution in [2.45, 2.75) is 57.5 Å². The molecule has 1 unspecified atom stereocenters. The Morgan fingerprint density at radius 1 is 1.26 bits per heavy atom. The van der Waals surface area contributed by atoms with Crippen molar-refractivity contribution >= 4 is 33.3 Å². The normalized spacial score (nSPS) is 16.0. The Labute approximate surface area is 188 Å². The van der Waals surface area contributed by atoms with E-state index >= 15 is 0 Å². The first-order valence-electron chi connectivity index (χ1n) is 10.6. The predicted molar refractivity (Wildman–Crippen MR) is 125 cm³/mol. The molecule has 3 heterocycles. The molecule has 0 spiro atoms. The average molecular weight is 453 g/mol. The van der Waals surface area contributed by atoms with Gasteiger partial charge in [-0.25, -0.2) is 4.98 Å². The van der Waals surface area contributed by atoms with Gasteiger partial charge in [0.05, 0.1) is 11.1 Å². The molecule has 0 N–H and O–H groups in total. The number of rotatable bonds is 5. The highest BCUT2D eigenvalue weighted by atomic mass is 32.2. The fourth-order valence-corrected chi connectivity index (χ4v) is 6.37. The van der Waals surface area contributed by atoms with Crippen LogP contribution in [0.1, 0.15) is 42.2 Å². The van der Waals surface area contributed by atoms with Crippen LogP contribution in [0.2, 0.25) is 0 Å². The zero-order chi connectivity index (χ0) is 21.5. The molecule has 8 heteroatoms. The Hall–Kier alpha value is -2.45. The third-order valence-corrected chi connectivity index (χ3v) is 7.90. The van der Waals surface area contributed by atoms with E-state index in [1.807, 2.05) is 38.1 Å². The summed E-state index contributed by atoms with van der Waals surface area (Å²) in [6.07, 6.45) is 3.17. The number of benzene rings is 1. The molecule has 0 fully saturated rings. The van der Waals surface area contributed by atoms with E-state index in [4.69, 9.17) is 9.40 Å². The van der Waals surface area contributed by atoms with Crippen LogP contribution in [0.4, 0.5) is 0 Å². The molecule has 160 valence electrons. The van der Waals surface area contributed by atoms with E-state index in [0.717, 1.165) is 35.0 Å². The Morgan fingerprint density at radius 3 is 2.84 bits per heavy atom. The first-order valence-corrected chi connectivity index (χ1v) is 12.4. The first kappa shape index (κ1) is 20.5. The van der Waals surface area contributed by atoms with Crippen molar-refractivity contribution in [2.24, 2.45) is 5.92 Å². The number of fused-ring (bicyclic) bond motifs is 3. The highest BCUT2D eigenvalue weighted by Crippen LogP contribution is 2.36. The maximum absolute atomic E-state index is 13.3. The summed E-state index contributed by atoms with van der Waals surface area (Å²) >= 11 is 3.16. The van der Waals surface area contributed by atoms with Gasteiger partial charge in [0.1, 0.15) is 4.83 Å². The summed E-state index contributed by atoms with van der Waals surface area (Å²) in [5, 5.41) is 9.90. The van der Waals surface area contributed by atoms with Crippen LogP contribution >= 0.6 is 23.1 Å². The van der Waals surface area contributed by atoms with Gasteiger partial charge in [0, 0.05) is 17.0 Å². The Balaban J connectivity index is 1.43. The molecule has 0 bridgehead atoms. The molecule has 1 aliphatic rings. The largest absolute Gasteiger partial charge is 0.420 e. The second kappa shape index (κ2) is 8.24. The van der Waals surface area contributed by atoms with Crippen molar-refractivity contribution in [3.05, 3.63) is 56.5 Å². The molecular weight excluding hydrogens is 428 g/mol. The maximum atomic E-state index is 13.3. The third-order valence-electron chi connectivity index (χ3n) is 5.79. The van der Waals surface area contributed by atoms with Crippen LogP contribution < -0.4 is 5.56 Å². The highest BCUT2D eigenvalue weighted by molar-refractivity contribution is 7.98. The SMILES string of the molecule is CCn1c(SCc2nnc(-c3ccc(C)cc3)o2)nc2sc3c(c2c1=O)CCC(C)C3. The standard InChI is InChI=1S/C23H24N4O2S2/c1-4-27-22(28)19-16-10-7-14(3)11-17(16)31-21(19)24-23(27)30-12-18-25-26-20(29-18)15-8-5-13(2)6-9-15/h5-6,8-9,14H,4,7,10-12H2,1-3H3. The molecule has 0 saturated heterocycles. The Morgan fingerprint density at radius 2 is 2.06 bits per heavy atom. The molecule has 0 radical (unpaired) electrons. The van der Waals surface area contributed by atoms with E-state index < -0.39 is 0 Å². The fourth-order valence-electron chi connectivity index (χ4n) is 4.04. The molecule has 0 aliphatic heterocycles. The van der Waals surface area contributed by atoms with Gasteiger partial charge in [0.2, 0.25) is 11.8 Å². The van der Waals surface area contributed by atoms with Crippen LogP contribution in [0.3, 0.4) is 0 Å². The quantitative estimate of drug-likeness (QED) is 0.304. The van der Waals surface area contributed by atoms with Crippen molar-refractivity contribution < 1.29 is 4.42 Å². The Bertz CT molecular complexity index is 1300. The maximum Gasteiger partial charge on any atom is 0.263 e. The minimum Gasteiger partial charge on any atom is -0.420 e. The summed E-state index contributed by atoms with van der Waals surface area (Å²) in [4.78, 5) is 20.4. The topological polar surface area (TPSA) is 73.8 Å². The van der Waals surface area contributed by atoms with Crippen LogP contribution in [-0.4, -0.2) is 19.7 Å². The first-order chi connectivity index (χ1) is 15.0. The zero-order valence-corrected chi connectivity index (χ0v) is 19.5. The van der Waals surface area contributed by atoms with Gasteiger partial charge in [0.15, 0.2) is 5.16 Å². The lowest BCUT2D eigenvalue weighted by Gasteiger charge is -2.17. The summed E-state index contributed by atoms with van der Waals surface area (Å²) in [5.74, 6) is 2.17. The molecule has 1 aromatic carbocycles. The van der Waals surface area contributed by atoms with Gasteiger partial charge >= 0.3 is 0 Å². The van der Waals surface area contributed by atoms with Crippen molar-refractivity contribution in [1.82, 2.24) is 19.7 Å². The number of thiophene rings is 1. The fraction of sp³-hybridized carbons (Fsp3) is 0.391. The van der Waals surface area contributed by atoms with Gasteiger partial charge in [0.25, 0.3) is 5.56 Å². The molecule has 4 aromatic rings. The van der Waals surface area contributed by atoms with Gasteiger partial charge in [-0.2, -0.15) is 0 Å². The molecular formula is C23H24N4O2S2. The summed E-state index contributed by atoms with van der Waals surface area (Å²) in [5.41, 5.74) is 3.39. The number of aromatic nitrogens is 4. The summed E-state index contributed by atoms with van der Waals surface area (Å²) in [6.45, 7) is 6.90. The van der Waals surface area contributed by atoms with Crippen LogP contribution in [0, 0.1) is 12.8 Å². The predicted octanol–water partition coefficient (Wildman–Crippen LogP) is 5.25. The van der Waals surface area contributed by atoms with Crippen molar-refractivity contribution in [1.29, 1.82) is 0 Å². The molecule has 1 aliphatic carbocycles. The minimum absolute atomic E-state index is 0.0768. The van der Waals surface area contributed by atoms with Crippen molar-refractivity contribution in [2.75, 3.05) is 0 Å². The highest BCUT2D eigenvalue weighted by Gasteiger charge is 2.24. The van der Waals surface area contributed by atoms with Gasteiger partial charge in [-0.1, -0.05) is 36.4 Å². The van der Waals surface area contributed by atoms with E-state index in [-0.39, 0.29) is 5.56 Å². The van der Waals surface area contributed by atoms with E-state index in [9.17, 15) is 4.79 Å². The second-order valence-electron chi connectivity index (χ2n) is 8.13. The van der Waals surface area contributed by atoms with E-state index in [1.54, 1.807) is 15.9 Å². The molecule has 3 aromatic heterocycles. The number of hydrogen-bond acceptors (Lipinski definition) is 7. The van der Waals surface area contributed by atoms with Crippen LogP contribution in [-0.2, 0) is 25.1 Å². The lowest BCUT2D eigenvalue weighted by molar-refractivity contribution is 0.509. The summed E-state index contributed by atoms with van der Waals surface area (Å²) < 4.78 is 7.62. The van der Waals surface area contributed by atoms with E-state index in [1.165, 1.54) is 27.8 Å². The number of nitrogens with zero attached hydrogens (tertiary/aromatic N) is 4. The van der Waals surface area contributed by atoms with E-state index in [2.05, 4.69) is 17.1 Å². The number of hydrogen-bond donors (Lipinski definition) is 0. The van der Waals surface area contributed by atoms with Crippen LogP contribution in [0.5, 0.6) is 0 Å². The zero-order valence-electron chi connectivity index (χ0n) is 17.8. The summed E-state index contributed by atoms with van der Waals surface area (Å²) in [6, 6.07) is 8.00. The van der Waals surface area contributed by atoms with Gasteiger partial charge in [-0.15, -0.1) is 21.5 Å². The van der Waals surface area contributed by atoms with E-state index in [0.29, 0.717) is 35.2 Å². The van der Waals surface area contributed by atoms with Gasteiger partial charge in [-0.3, -0.25) is 9.36 Å². The average Bonchev–Trinajstić information content (AvgIpc) is 3.37. The molecule has 31 heavy (non-hydrogen) atoms. The van der Waals surface area contributed by atoms with Crippen molar-refractivity contribution in [3.8, 4) is 11.5 Å². The second-order valence-corrected chi connectivity index (χ2v) is 10.2. The van der Waals surface area contributed by atoms with Gasteiger partial charge < -0.3 is 4.42 Å².